The zero-order valence-electron chi connectivity index (χ0n) is 14.7. The Balaban J connectivity index is 1.74. The van der Waals surface area contributed by atoms with Crippen molar-refractivity contribution in [1.82, 2.24) is 4.98 Å². The fourth-order valence-corrected chi connectivity index (χ4v) is 2.37. The molecule has 0 saturated carbocycles. The summed E-state index contributed by atoms with van der Waals surface area (Å²) < 4.78 is 31.3. The van der Waals surface area contributed by atoms with Gasteiger partial charge in [-0.1, -0.05) is 6.07 Å². The average molecular weight is 383 g/mol. The summed E-state index contributed by atoms with van der Waals surface area (Å²) in [6.07, 6.45) is 1.31. The molecule has 3 rings (SSSR count). The predicted octanol–water partition coefficient (Wildman–Crippen LogP) is 3.87. The molecule has 0 aliphatic rings. The van der Waals surface area contributed by atoms with Crippen LogP contribution in [0.25, 0.3) is 0 Å². The van der Waals surface area contributed by atoms with Crippen molar-refractivity contribution in [2.75, 3.05) is 17.7 Å². The van der Waals surface area contributed by atoms with E-state index in [0.29, 0.717) is 11.4 Å². The van der Waals surface area contributed by atoms with Gasteiger partial charge < -0.3 is 15.4 Å². The maximum atomic E-state index is 13.3. The molecule has 0 radical (unpaired) electrons. The molecule has 0 bridgehead atoms. The number of hydrogen-bond donors (Lipinski definition) is 2. The Morgan fingerprint density at radius 1 is 0.893 bits per heavy atom. The summed E-state index contributed by atoms with van der Waals surface area (Å²) in [5.41, 5.74) is 0.738. The molecule has 6 nitrogen and oxygen atoms in total. The average Bonchev–Trinajstić information content (AvgIpc) is 2.71. The topological polar surface area (TPSA) is 80.3 Å². The third kappa shape index (κ3) is 4.47. The molecular weight excluding hydrogens is 368 g/mol. The van der Waals surface area contributed by atoms with E-state index in [4.69, 9.17) is 4.74 Å². The molecule has 2 N–H and O–H groups in total. The van der Waals surface area contributed by atoms with Gasteiger partial charge in [-0.25, -0.2) is 8.78 Å². The highest BCUT2D eigenvalue weighted by Crippen LogP contribution is 2.18. The Kier molecular flexibility index (Phi) is 5.59. The summed E-state index contributed by atoms with van der Waals surface area (Å²) in [4.78, 5) is 28.7. The van der Waals surface area contributed by atoms with E-state index in [1.807, 2.05) is 0 Å². The molecule has 2 amide bonds. The van der Waals surface area contributed by atoms with Crippen molar-refractivity contribution in [3.63, 3.8) is 0 Å². The Bertz CT molecular complexity index is 1040. The molecule has 2 aromatic carbocycles. The molecular formula is C20H15F2N3O3. The Morgan fingerprint density at radius 3 is 2.39 bits per heavy atom. The van der Waals surface area contributed by atoms with Crippen LogP contribution in [0.3, 0.4) is 0 Å². The highest BCUT2D eigenvalue weighted by atomic mass is 19.2. The van der Waals surface area contributed by atoms with Crippen molar-refractivity contribution in [3.05, 3.63) is 83.7 Å². The van der Waals surface area contributed by atoms with E-state index >= 15 is 0 Å². The van der Waals surface area contributed by atoms with Crippen LogP contribution in [0.2, 0.25) is 0 Å². The number of amides is 2. The number of carbonyl (C=O) groups excluding carboxylic acids is 2. The minimum absolute atomic E-state index is 0.0146. The number of nitrogens with zero attached hydrogens (tertiary/aromatic N) is 1. The number of anilines is 2. The fraction of sp³-hybridized carbons (Fsp3) is 0.0500. The van der Waals surface area contributed by atoms with Gasteiger partial charge >= 0.3 is 0 Å². The van der Waals surface area contributed by atoms with E-state index in [-0.39, 0.29) is 16.9 Å². The number of pyridine rings is 1. The second-order valence-corrected chi connectivity index (χ2v) is 5.70. The maximum Gasteiger partial charge on any atom is 0.274 e. The third-order valence-electron chi connectivity index (χ3n) is 3.76. The monoisotopic (exact) mass is 383 g/mol. The van der Waals surface area contributed by atoms with E-state index in [2.05, 4.69) is 15.6 Å². The number of nitrogens with one attached hydrogen (secondary N) is 2. The predicted molar refractivity (Wildman–Crippen MR) is 99.5 cm³/mol. The molecule has 0 fully saturated rings. The van der Waals surface area contributed by atoms with Gasteiger partial charge in [0.15, 0.2) is 11.6 Å². The summed E-state index contributed by atoms with van der Waals surface area (Å²) in [5.74, 6) is -2.63. The summed E-state index contributed by atoms with van der Waals surface area (Å²) in [7, 11) is 1.51. The van der Waals surface area contributed by atoms with Crippen molar-refractivity contribution in [1.29, 1.82) is 0 Å². The summed E-state index contributed by atoms with van der Waals surface area (Å²) >= 11 is 0. The molecule has 0 atom stereocenters. The first-order chi connectivity index (χ1) is 13.5. The van der Waals surface area contributed by atoms with Gasteiger partial charge in [0.1, 0.15) is 11.4 Å². The standard InChI is InChI=1S/C20H15F2N3O3/c1-28-15-4-2-3-13(10-15)25-20(27)18-9-12(7-8-23-18)19(26)24-14-5-6-16(21)17(22)11-14/h2-11H,1H3,(H,24,26)(H,25,27). The number of hydrogen-bond acceptors (Lipinski definition) is 4. The van der Waals surface area contributed by atoms with Crippen LogP contribution in [0.5, 0.6) is 5.75 Å². The van der Waals surface area contributed by atoms with Gasteiger partial charge in [-0.05, 0) is 36.4 Å². The first kappa shape index (κ1) is 19.0. The lowest BCUT2D eigenvalue weighted by atomic mass is 10.2. The lowest BCUT2D eigenvalue weighted by Crippen LogP contribution is -2.17. The molecule has 142 valence electrons. The second-order valence-electron chi connectivity index (χ2n) is 5.70. The Morgan fingerprint density at radius 2 is 1.64 bits per heavy atom. The van der Waals surface area contributed by atoms with Crippen LogP contribution in [0.15, 0.2) is 60.8 Å². The van der Waals surface area contributed by atoms with Crippen molar-refractivity contribution in [3.8, 4) is 5.75 Å². The van der Waals surface area contributed by atoms with E-state index in [9.17, 15) is 18.4 Å². The van der Waals surface area contributed by atoms with Gasteiger partial charge in [0, 0.05) is 35.3 Å². The zero-order chi connectivity index (χ0) is 20.1. The number of halogens is 2. The van der Waals surface area contributed by atoms with E-state index in [1.165, 1.54) is 31.5 Å². The van der Waals surface area contributed by atoms with Crippen molar-refractivity contribution in [2.45, 2.75) is 0 Å². The summed E-state index contributed by atoms with van der Waals surface area (Å²) in [6, 6.07) is 12.5. The number of benzene rings is 2. The number of rotatable bonds is 5. The smallest absolute Gasteiger partial charge is 0.274 e. The maximum absolute atomic E-state index is 13.3. The quantitative estimate of drug-likeness (QED) is 0.701. The Labute approximate surface area is 159 Å². The van der Waals surface area contributed by atoms with Gasteiger partial charge in [0.2, 0.25) is 0 Å². The largest absolute Gasteiger partial charge is 0.497 e. The molecule has 0 saturated heterocycles. The van der Waals surface area contributed by atoms with Gasteiger partial charge in [0.05, 0.1) is 7.11 Å². The van der Waals surface area contributed by atoms with Crippen LogP contribution in [0.4, 0.5) is 20.2 Å². The first-order valence-corrected chi connectivity index (χ1v) is 8.14. The van der Waals surface area contributed by atoms with E-state index in [1.54, 1.807) is 24.3 Å². The van der Waals surface area contributed by atoms with Gasteiger partial charge in [-0.3, -0.25) is 14.6 Å². The second kappa shape index (κ2) is 8.26. The van der Waals surface area contributed by atoms with Crippen molar-refractivity contribution >= 4 is 23.2 Å². The van der Waals surface area contributed by atoms with Crippen LogP contribution in [-0.4, -0.2) is 23.9 Å². The SMILES string of the molecule is COc1cccc(NC(=O)c2cc(C(=O)Nc3ccc(F)c(F)c3)ccn2)c1. The van der Waals surface area contributed by atoms with Crippen LogP contribution >= 0.6 is 0 Å². The van der Waals surface area contributed by atoms with Crippen LogP contribution < -0.4 is 15.4 Å². The molecule has 0 aliphatic heterocycles. The fourth-order valence-electron chi connectivity index (χ4n) is 2.37. The molecule has 8 heteroatoms. The minimum atomic E-state index is -1.08. The molecule has 3 aromatic rings. The number of carbonyl (C=O) groups is 2. The van der Waals surface area contributed by atoms with Crippen molar-refractivity contribution < 1.29 is 23.1 Å². The number of ether oxygens (including phenoxy) is 1. The lowest BCUT2D eigenvalue weighted by Gasteiger charge is -2.08. The van der Waals surface area contributed by atoms with E-state index in [0.717, 1.165) is 12.1 Å². The molecule has 0 spiro atoms. The van der Waals surface area contributed by atoms with Crippen LogP contribution in [0.1, 0.15) is 20.8 Å². The van der Waals surface area contributed by atoms with Crippen LogP contribution in [-0.2, 0) is 0 Å². The highest BCUT2D eigenvalue weighted by Gasteiger charge is 2.13. The third-order valence-corrected chi connectivity index (χ3v) is 3.76. The molecule has 1 aromatic heterocycles. The normalized spacial score (nSPS) is 10.2. The van der Waals surface area contributed by atoms with Crippen molar-refractivity contribution in [2.24, 2.45) is 0 Å². The lowest BCUT2D eigenvalue weighted by molar-refractivity contribution is 0.102. The van der Waals surface area contributed by atoms with Gasteiger partial charge in [-0.15, -0.1) is 0 Å². The molecule has 1 heterocycles. The Hall–Kier alpha value is -3.81. The molecule has 0 unspecified atom stereocenters. The van der Waals surface area contributed by atoms with Crippen LogP contribution in [0, 0.1) is 11.6 Å². The molecule has 0 aliphatic carbocycles. The van der Waals surface area contributed by atoms with Gasteiger partial charge in [-0.2, -0.15) is 0 Å². The summed E-state index contributed by atoms with van der Waals surface area (Å²) in [5, 5.41) is 5.09. The van der Waals surface area contributed by atoms with E-state index < -0.39 is 23.4 Å². The first-order valence-electron chi connectivity index (χ1n) is 8.14. The summed E-state index contributed by atoms with van der Waals surface area (Å²) in [6.45, 7) is 0. The number of aromatic nitrogens is 1. The zero-order valence-corrected chi connectivity index (χ0v) is 14.7. The number of methoxy groups -OCH3 is 1. The highest BCUT2D eigenvalue weighted by molar-refractivity contribution is 6.07. The van der Waals surface area contributed by atoms with Gasteiger partial charge in [0.25, 0.3) is 11.8 Å². The molecule has 28 heavy (non-hydrogen) atoms. The minimum Gasteiger partial charge on any atom is -0.497 e.